The Morgan fingerprint density at radius 3 is 2.94 bits per heavy atom. The molecular formula is C12H21N5O. The SMILES string of the molecule is NCc1ccnnc1N1CCCN(CCO)CC1. The predicted octanol–water partition coefficient (Wildman–Crippen LogP) is -0.560. The Kier molecular flexibility index (Phi) is 4.86. The molecule has 0 atom stereocenters. The first-order valence-corrected chi connectivity index (χ1v) is 6.44. The molecule has 100 valence electrons. The molecule has 3 N–H and O–H groups in total. The van der Waals surface area contributed by atoms with Crippen LogP contribution in [0.25, 0.3) is 0 Å². The third kappa shape index (κ3) is 3.16. The molecule has 1 aliphatic rings. The first-order chi connectivity index (χ1) is 8.85. The number of hydrogen-bond donors (Lipinski definition) is 2. The van der Waals surface area contributed by atoms with Gasteiger partial charge in [-0.25, -0.2) is 0 Å². The van der Waals surface area contributed by atoms with Crippen LogP contribution in [0.1, 0.15) is 12.0 Å². The van der Waals surface area contributed by atoms with E-state index >= 15 is 0 Å². The number of aliphatic hydroxyl groups is 1. The minimum absolute atomic E-state index is 0.221. The van der Waals surface area contributed by atoms with E-state index in [1.165, 1.54) is 0 Å². The highest BCUT2D eigenvalue weighted by atomic mass is 16.3. The van der Waals surface area contributed by atoms with Crippen LogP contribution in [-0.4, -0.2) is 59.5 Å². The van der Waals surface area contributed by atoms with Crippen molar-refractivity contribution in [1.29, 1.82) is 0 Å². The zero-order valence-corrected chi connectivity index (χ0v) is 10.6. The summed E-state index contributed by atoms with van der Waals surface area (Å²) in [4.78, 5) is 4.52. The van der Waals surface area contributed by atoms with E-state index in [0.717, 1.165) is 50.5 Å². The number of hydrogen-bond acceptors (Lipinski definition) is 6. The van der Waals surface area contributed by atoms with Gasteiger partial charge in [-0.1, -0.05) is 0 Å². The first-order valence-electron chi connectivity index (χ1n) is 6.44. The van der Waals surface area contributed by atoms with Crippen molar-refractivity contribution in [2.24, 2.45) is 5.73 Å². The molecule has 0 aliphatic carbocycles. The van der Waals surface area contributed by atoms with Crippen LogP contribution >= 0.6 is 0 Å². The molecule has 1 saturated heterocycles. The van der Waals surface area contributed by atoms with E-state index in [2.05, 4.69) is 20.0 Å². The standard InChI is InChI=1S/C12H21N5O/c13-10-11-2-3-14-15-12(11)17-5-1-4-16(6-7-17)8-9-18/h2-3,18H,1,4-10,13H2. The Labute approximate surface area is 107 Å². The summed E-state index contributed by atoms with van der Waals surface area (Å²) in [6.45, 7) is 5.30. The number of anilines is 1. The highest BCUT2D eigenvalue weighted by Gasteiger charge is 2.17. The lowest BCUT2D eigenvalue weighted by molar-refractivity contribution is 0.204. The largest absolute Gasteiger partial charge is 0.395 e. The van der Waals surface area contributed by atoms with Crippen LogP contribution in [0, 0.1) is 0 Å². The molecule has 1 aromatic heterocycles. The summed E-state index contributed by atoms with van der Waals surface area (Å²) in [7, 11) is 0. The monoisotopic (exact) mass is 251 g/mol. The molecule has 1 aromatic rings. The molecule has 0 spiro atoms. The van der Waals surface area contributed by atoms with Crippen molar-refractivity contribution in [2.45, 2.75) is 13.0 Å². The van der Waals surface area contributed by atoms with Gasteiger partial charge in [0.1, 0.15) is 0 Å². The quantitative estimate of drug-likeness (QED) is 0.747. The van der Waals surface area contributed by atoms with Crippen molar-refractivity contribution in [2.75, 3.05) is 44.2 Å². The first kappa shape index (κ1) is 13.2. The molecule has 0 amide bonds. The lowest BCUT2D eigenvalue weighted by Gasteiger charge is -2.23. The predicted molar refractivity (Wildman–Crippen MR) is 70.3 cm³/mol. The zero-order valence-electron chi connectivity index (χ0n) is 10.6. The Balaban J connectivity index is 2.05. The molecule has 1 fully saturated rings. The van der Waals surface area contributed by atoms with Crippen LogP contribution in [0.3, 0.4) is 0 Å². The maximum Gasteiger partial charge on any atom is 0.155 e. The molecule has 0 unspecified atom stereocenters. The van der Waals surface area contributed by atoms with Gasteiger partial charge in [-0.3, -0.25) is 4.90 Å². The molecule has 6 heteroatoms. The van der Waals surface area contributed by atoms with Crippen molar-refractivity contribution >= 4 is 5.82 Å². The Morgan fingerprint density at radius 1 is 1.28 bits per heavy atom. The van der Waals surface area contributed by atoms with E-state index in [0.29, 0.717) is 6.54 Å². The smallest absolute Gasteiger partial charge is 0.155 e. The molecule has 2 heterocycles. The van der Waals surface area contributed by atoms with Crippen LogP contribution in [0.5, 0.6) is 0 Å². The summed E-state index contributed by atoms with van der Waals surface area (Å²) in [5.41, 5.74) is 6.78. The summed E-state index contributed by atoms with van der Waals surface area (Å²) in [6.07, 6.45) is 2.75. The van der Waals surface area contributed by atoms with Crippen LogP contribution in [0.4, 0.5) is 5.82 Å². The molecule has 0 saturated carbocycles. The number of nitrogens with zero attached hydrogens (tertiary/aromatic N) is 4. The maximum atomic E-state index is 8.98. The van der Waals surface area contributed by atoms with E-state index in [9.17, 15) is 0 Å². The molecule has 0 radical (unpaired) electrons. The third-order valence-corrected chi connectivity index (χ3v) is 3.31. The summed E-state index contributed by atoms with van der Waals surface area (Å²) in [5.74, 6) is 0.908. The fourth-order valence-electron chi connectivity index (χ4n) is 2.32. The second kappa shape index (κ2) is 6.63. The normalized spacial score (nSPS) is 17.8. The van der Waals surface area contributed by atoms with Gasteiger partial charge in [0.15, 0.2) is 5.82 Å². The zero-order chi connectivity index (χ0) is 12.8. The van der Waals surface area contributed by atoms with Crippen LogP contribution in [0.15, 0.2) is 12.3 Å². The van der Waals surface area contributed by atoms with E-state index in [1.807, 2.05) is 6.07 Å². The third-order valence-electron chi connectivity index (χ3n) is 3.31. The maximum absolute atomic E-state index is 8.98. The molecule has 2 rings (SSSR count). The summed E-state index contributed by atoms with van der Waals surface area (Å²) >= 11 is 0. The number of rotatable bonds is 4. The van der Waals surface area contributed by atoms with E-state index < -0.39 is 0 Å². The van der Waals surface area contributed by atoms with Gasteiger partial charge in [-0.05, 0) is 19.0 Å². The Bertz CT molecular complexity index is 373. The van der Waals surface area contributed by atoms with E-state index in [1.54, 1.807) is 6.20 Å². The van der Waals surface area contributed by atoms with Crippen LogP contribution in [-0.2, 0) is 6.54 Å². The number of β-amino-alcohol motifs (C(OH)–C–C–N with tert-alkyl or cyclic N) is 1. The Hall–Kier alpha value is -1.24. The average Bonchev–Trinajstić information content (AvgIpc) is 2.65. The number of aliphatic hydroxyl groups excluding tert-OH is 1. The van der Waals surface area contributed by atoms with Gasteiger partial charge in [0.2, 0.25) is 0 Å². The second-order valence-corrected chi connectivity index (χ2v) is 4.49. The molecule has 6 nitrogen and oxygen atoms in total. The van der Waals surface area contributed by atoms with Crippen molar-refractivity contribution in [1.82, 2.24) is 15.1 Å². The van der Waals surface area contributed by atoms with Gasteiger partial charge in [0, 0.05) is 38.3 Å². The minimum Gasteiger partial charge on any atom is -0.395 e. The fourth-order valence-corrected chi connectivity index (χ4v) is 2.32. The molecule has 1 aliphatic heterocycles. The highest BCUT2D eigenvalue weighted by Crippen LogP contribution is 2.17. The van der Waals surface area contributed by atoms with Gasteiger partial charge in [0.25, 0.3) is 0 Å². The number of nitrogens with two attached hydrogens (primary N) is 1. The topological polar surface area (TPSA) is 78.5 Å². The highest BCUT2D eigenvalue weighted by molar-refractivity contribution is 5.45. The van der Waals surface area contributed by atoms with Gasteiger partial charge in [-0.15, -0.1) is 5.10 Å². The molecule has 0 bridgehead atoms. The van der Waals surface area contributed by atoms with Crippen molar-refractivity contribution < 1.29 is 5.11 Å². The fraction of sp³-hybridized carbons (Fsp3) is 0.667. The Morgan fingerprint density at radius 2 is 2.17 bits per heavy atom. The van der Waals surface area contributed by atoms with E-state index in [4.69, 9.17) is 10.8 Å². The van der Waals surface area contributed by atoms with Gasteiger partial charge < -0.3 is 15.7 Å². The summed E-state index contributed by atoms with van der Waals surface area (Å²) < 4.78 is 0. The average molecular weight is 251 g/mol. The van der Waals surface area contributed by atoms with Gasteiger partial charge in [-0.2, -0.15) is 5.10 Å². The minimum atomic E-state index is 0.221. The number of aromatic nitrogens is 2. The summed E-state index contributed by atoms with van der Waals surface area (Å²) in [5, 5.41) is 17.1. The molecule has 0 aromatic carbocycles. The van der Waals surface area contributed by atoms with Crippen LogP contribution < -0.4 is 10.6 Å². The lowest BCUT2D eigenvalue weighted by atomic mass is 10.2. The van der Waals surface area contributed by atoms with Gasteiger partial charge >= 0.3 is 0 Å². The van der Waals surface area contributed by atoms with Gasteiger partial charge in [0.05, 0.1) is 12.8 Å². The van der Waals surface area contributed by atoms with Crippen molar-refractivity contribution in [3.05, 3.63) is 17.8 Å². The molecular weight excluding hydrogens is 230 g/mol. The summed E-state index contributed by atoms with van der Waals surface area (Å²) in [6, 6.07) is 1.93. The van der Waals surface area contributed by atoms with Crippen molar-refractivity contribution in [3.63, 3.8) is 0 Å². The van der Waals surface area contributed by atoms with Crippen molar-refractivity contribution in [3.8, 4) is 0 Å². The molecule has 18 heavy (non-hydrogen) atoms. The lowest BCUT2D eigenvalue weighted by Crippen LogP contribution is -2.33. The van der Waals surface area contributed by atoms with E-state index in [-0.39, 0.29) is 6.61 Å². The second-order valence-electron chi connectivity index (χ2n) is 4.49. The van der Waals surface area contributed by atoms with Crippen LogP contribution in [0.2, 0.25) is 0 Å².